The van der Waals surface area contributed by atoms with Crippen LogP contribution in [0.25, 0.3) is 0 Å². The normalized spacial score (nSPS) is 13.0. The highest BCUT2D eigenvalue weighted by Gasteiger charge is 2.26. The average Bonchev–Trinajstić information content (AvgIpc) is 3.08. The number of fused-ring (bicyclic) bond motifs is 8. The van der Waals surface area contributed by atoms with Gasteiger partial charge in [-0.3, -0.25) is 0 Å². The van der Waals surface area contributed by atoms with Gasteiger partial charge in [0, 0.05) is 39.2 Å². The van der Waals surface area contributed by atoms with E-state index in [4.69, 9.17) is 37.9 Å². The Labute approximate surface area is 392 Å². The molecule has 1 aliphatic heterocycles. The van der Waals surface area contributed by atoms with Crippen molar-refractivity contribution in [2.24, 2.45) is 0 Å². The largest absolute Gasteiger partial charge is 0.514 e. The van der Waals surface area contributed by atoms with E-state index in [1.54, 1.807) is 132 Å². The summed E-state index contributed by atoms with van der Waals surface area (Å²) in [5.41, 5.74) is 0.180. The lowest BCUT2D eigenvalue weighted by Crippen LogP contribution is -2.26. The lowest BCUT2D eigenvalue weighted by molar-refractivity contribution is 0.0192. The smallest absolute Gasteiger partial charge is 0.428 e. The lowest BCUT2D eigenvalue weighted by Gasteiger charge is -2.22. The molecule has 0 aromatic heterocycles. The van der Waals surface area contributed by atoms with Crippen LogP contribution in [0.15, 0.2) is 87.7 Å². The molecule has 8 bridgehead atoms. The molecule has 0 saturated heterocycles. The Morgan fingerprint density at radius 1 is 0.312 bits per heavy atom. The van der Waals surface area contributed by atoms with Crippen LogP contribution >= 0.6 is 47.0 Å². The Morgan fingerprint density at radius 2 is 0.453 bits per heavy atom. The van der Waals surface area contributed by atoms with Gasteiger partial charge in [0.15, 0.2) is 0 Å². The van der Waals surface area contributed by atoms with Crippen molar-refractivity contribution in [2.45, 2.75) is 172 Å². The fourth-order valence-electron chi connectivity index (χ4n) is 5.58. The fourth-order valence-corrected chi connectivity index (χ4v) is 10.3. The molecule has 5 rings (SSSR count). The van der Waals surface area contributed by atoms with Crippen molar-refractivity contribution in [2.75, 3.05) is 0 Å². The maximum absolute atomic E-state index is 13.1. The van der Waals surface area contributed by atoms with Crippen molar-refractivity contribution in [3.8, 4) is 23.0 Å². The lowest BCUT2D eigenvalue weighted by atomic mass is 10.2. The second-order valence-electron chi connectivity index (χ2n) is 18.9. The van der Waals surface area contributed by atoms with Gasteiger partial charge in [-0.15, -0.1) is 0 Å². The molecule has 344 valence electrons. The van der Waals surface area contributed by atoms with E-state index < -0.39 is 47.0 Å². The molecule has 0 fully saturated rings. The van der Waals surface area contributed by atoms with Gasteiger partial charge in [0.25, 0.3) is 0 Å². The SMILES string of the molecule is Cc1c2cc(OC(=O)OC(C)(C)C)cc1Sc1cc(OC(=O)OC(C)(C)C)cc(c1C)Sc1cc(OC(=O)OC(C)(C)C)cc(c1C)Sc1cc(OC(=O)OC(C)(C)C)cc(c1C)S2. The minimum atomic E-state index is -0.873. The topological polar surface area (TPSA) is 142 Å². The predicted molar refractivity (Wildman–Crippen MR) is 249 cm³/mol. The summed E-state index contributed by atoms with van der Waals surface area (Å²) in [4.78, 5) is 58.2. The summed E-state index contributed by atoms with van der Waals surface area (Å²) in [6.07, 6.45) is -3.49. The van der Waals surface area contributed by atoms with E-state index in [0.29, 0.717) is 0 Å². The summed E-state index contributed by atoms with van der Waals surface area (Å²) in [6.45, 7) is 28.9. The van der Waals surface area contributed by atoms with E-state index in [1.807, 2.05) is 27.7 Å². The zero-order valence-corrected chi connectivity index (χ0v) is 42.4. The van der Waals surface area contributed by atoms with Crippen LogP contribution in [0, 0.1) is 27.7 Å². The summed E-state index contributed by atoms with van der Waals surface area (Å²) in [7, 11) is 0. The van der Waals surface area contributed by atoms with E-state index in [-0.39, 0.29) is 23.0 Å². The van der Waals surface area contributed by atoms with Crippen molar-refractivity contribution < 1.29 is 57.1 Å². The number of carbonyl (C=O) groups excluding carboxylic acids is 4. The molecule has 0 radical (unpaired) electrons. The first-order valence-electron chi connectivity index (χ1n) is 20.3. The Hall–Kier alpha value is -4.64. The Kier molecular flexibility index (Phi) is 15.3. The standard InChI is InChI=1S/C48H56O12S4/c1-25-33-17-29(53-41(49)57-45(5,6)7)18-34(25)62-36-20-31(55-43(51)59-47(11,12)13)22-38(27(36)3)64-40-24-32(56-44(52)60-48(14,15)16)23-39(28(40)4)63-37-21-30(19-35(61-33)26(37)2)54-42(50)58-46(8,9)10/h17-24H,1-16H3. The zero-order valence-electron chi connectivity index (χ0n) is 39.2. The van der Waals surface area contributed by atoms with Gasteiger partial charge in [0.2, 0.25) is 0 Å². The molecular formula is C48H56O12S4. The van der Waals surface area contributed by atoms with Crippen LogP contribution in [-0.2, 0) is 18.9 Å². The molecule has 16 heteroatoms. The average molecular weight is 953 g/mol. The van der Waals surface area contributed by atoms with Crippen molar-refractivity contribution in [1.29, 1.82) is 0 Å². The molecule has 0 amide bonds. The monoisotopic (exact) mass is 952 g/mol. The molecule has 4 aromatic carbocycles. The minimum Gasteiger partial charge on any atom is -0.428 e. The maximum atomic E-state index is 13.1. The Morgan fingerprint density at radius 3 is 0.578 bits per heavy atom. The van der Waals surface area contributed by atoms with Gasteiger partial charge in [-0.1, -0.05) is 47.0 Å². The predicted octanol–water partition coefficient (Wildman–Crippen LogP) is 15.1. The summed E-state index contributed by atoms with van der Waals surface area (Å²) < 4.78 is 45.4. The minimum absolute atomic E-state index is 0.232. The Balaban J connectivity index is 1.78. The third-order valence-electron chi connectivity index (χ3n) is 8.39. The summed E-state index contributed by atoms with van der Waals surface area (Å²) in [5, 5.41) is 0. The first-order chi connectivity index (χ1) is 29.4. The molecule has 0 saturated carbocycles. The van der Waals surface area contributed by atoms with Crippen LogP contribution in [0.5, 0.6) is 23.0 Å². The van der Waals surface area contributed by atoms with Gasteiger partial charge in [0.1, 0.15) is 45.4 Å². The van der Waals surface area contributed by atoms with Gasteiger partial charge in [-0.05, 0) is 182 Å². The Bertz CT molecular complexity index is 2030. The molecule has 64 heavy (non-hydrogen) atoms. The molecule has 4 aromatic rings. The summed E-state index contributed by atoms with van der Waals surface area (Å²) in [5.74, 6) is 0.929. The van der Waals surface area contributed by atoms with Gasteiger partial charge in [-0.25, -0.2) is 19.2 Å². The van der Waals surface area contributed by atoms with Crippen LogP contribution < -0.4 is 18.9 Å². The first kappa shape index (κ1) is 50.4. The molecular weight excluding hydrogens is 897 g/mol. The maximum Gasteiger partial charge on any atom is 0.514 e. The first-order valence-corrected chi connectivity index (χ1v) is 23.6. The van der Waals surface area contributed by atoms with Gasteiger partial charge in [0.05, 0.1) is 0 Å². The number of ether oxygens (including phenoxy) is 8. The van der Waals surface area contributed by atoms with Crippen LogP contribution in [0.2, 0.25) is 0 Å². The quantitative estimate of drug-likeness (QED) is 0.0957. The summed E-state index contributed by atoms with van der Waals surface area (Å²) >= 11 is 5.56. The van der Waals surface area contributed by atoms with E-state index >= 15 is 0 Å². The van der Waals surface area contributed by atoms with E-state index in [2.05, 4.69) is 0 Å². The zero-order chi connectivity index (χ0) is 47.7. The number of hydrogen-bond donors (Lipinski definition) is 0. The van der Waals surface area contributed by atoms with E-state index in [0.717, 1.165) is 61.4 Å². The second-order valence-corrected chi connectivity index (χ2v) is 23.2. The van der Waals surface area contributed by atoms with Gasteiger partial charge < -0.3 is 37.9 Å². The number of hydrogen-bond acceptors (Lipinski definition) is 16. The molecule has 12 nitrogen and oxygen atoms in total. The van der Waals surface area contributed by atoms with Crippen LogP contribution in [-0.4, -0.2) is 47.0 Å². The molecule has 1 aliphatic rings. The number of benzene rings is 4. The fraction of sp³-hybridized carbons (Fsp3) is 0.417. The van der Waals surface area contributed by atoms with Crippen LogP contribution in [0.3, 0.4) is 0 Å². The van der Waals surface area contributed by atoms with Gasteiger partial charge in [-0.2, -0.15) is 0 Å². The number of carbonyl (C=O) groups is 4. The molecule has 1 heterocycles. The van der Waals surface area contributed by atoms with Crippen LogP contribution in [0.1, 0.15) is 105 Å². The third kappa shape index (κ3) is 14.7. The van der Waals surface area contributed by atoms with Crippen molar-refractivity contribution in [3.63, 3.8) is 0 Å². The highest BCUT2D eigenvalue weighted by molar-refractivity contribution is 8.01. The molecule has 0 atom stereocenters. The van der Waals surface area contributed by atoms with Crippen LogP contribution in [0.4, 0.5) is 19.2 Å². The van der Waals surface area contributed by atoms with Crippen molar-refractivity contribution in [3.05, 3.63) is 70.8 Å². The van der Waals surface area contributed by atoms with Gasteiger partial charge >= 0.3 is 24.6 Å². The molecule has 0 unspecified atom stereocenters. The molecule has 0 spiro atoms. The third-order valence-corrected chi connectivity index (χ3v) is 13.5. The molecule has 0 N–H and O–H groups in total. The molecule has 0 aliphatic carbocycles. The second kappa shape index (κ2) is 19.4. The highest BCUT2D eigenvalue weighted by atomic mass is 32.2. The summed E-state index contributed by atoms with van der Waals surface area (Å²) in [6, 6.07) is 14.1. The van der Waals surface area contributed by atoms with E-state index in [1.165, 1.54) is 47.0 Å². The number of rotatable bonds is 4. The van der Waals surface area contributed by atoms with Crippen molar-refractivity contribution in [1.82, 2.24) is 0 Å². The van der Waals surface area contributed by atoms with Crippen molar-refractivity contribution >= 4 is 71.7 Å². The highest BCUT2D eigenvalue weighted by Crippen LogP contribution is 2.50. The van der Waals surface area contributed by atoms with E-state index in [9.17, 15) is 19.2 Å².